The lowest BCUT2D eigenvalue weighted by atomic mass is 9.83. The van der Waals surface area contributed by atoms with Crippen molar-refractivity contribution in [3.63, 3.8) is 0 Å². The number of hydrogen-bond donors (Lipinski definition) is 2. The number of carbonyl (C=O) groups is 1. The van der Waals surface area contributed by atoms with Crippen LogP contribution < -0.4 is 10.6 Å². The lowest BCUT2D eigenvalue weighted by Gasteiger charge is -2.41. The van der Waals surface area contributed by atoms with Crippen LogP contribution in [-0.2, 0) is 24.4 Å². The third kappa shape index (κ3) is 6.93. The highest BCUT2D eigenvalue weighted by molar-refractivity contribution is 6.44. The SMILES string of the molecule is O=C(C1=C(c2ccc(CN(Cc3c(Cl)ccc(Cl)c3Cl)C3CC3)cc2)C[C@H]2CNC[C@H]1N2)N(Cc1cccc(Cl)c1Cl)C1CC1. The second-order valence-corrected chi connectivity index (χ2v) is 14.7. The standard InChI is InChI=1S/C35H35Cl5N4O/c36-28-12-13-30(38)34(40)27(28)19-43(24-8-9-24)17-20-4-6-21(7-5-20)26-14-23-15-41-16-31(42-23)32(26)35(45)44(25-10-11-25)18-22-2-1-3-29(37)33(22)39/h1-7,12-13,23-25,31,41-42H,8-11,14-19H2/t23-,31+/m0/s1. The number of nitrogens with one attached hydrogen (secondary N) is 2. The summed E-state index contributed by atoms with van der Waals surface area (Å²) in [6, 6.07) is 18.9. The molecule has 45 heavy (non-hydrogen) atoms. The molecule has 236 valence electrons. The Hall–Kier alpha value is -1.80. The van der Waals surface area contributed by atoms with E-state index in [9.17, 15) is 4.79 Å². The minimum atomic E-state index is -0.0479. The molecule has 0 radical (unpaired) electrons. The van der Waals surface area contributed by atoms with Gasteiger partial charge in [0.25, 0.3) is 5.91 Å². The lowest BCUT2D eigenvalue weighted by Crippen LogP contribution is -2.60. The highest BCUT2D eigenvalue weighted by Gasteiger charge is 2.41. The smallest absolute Gasteiger partial charge is 0.252 e. The van der Waals surface area contributed by atoms with Crippen LogP contribution in [0.5, 0.6) is 0 Å². The lowest BCUT2D eigenvalue weighted by molar-refractivity contribution is -0.128. The summed E-state index contributed by atoms with van der Waals surface area (Å²) in [5.74, 6) is 0.0856. The van der Waals surface area contributed by atoms with Crippen LogP contribution in [0.4, 0.5) is 0 Å². The molecule has 2 aliphatic heterocycles. The molecule has 0 spiro atoms. The van der Waals surface area contributed by atoms with Gasteiger partial charge in [-0.25, -0.2) is 0 Å². The average Bonchev–Trinajstić information content (AvgIpc) is 3.96. The number of fused-ring (bicyclic) bond motifs is 2. The summed E-state index contributed by atoms with van der Waals surface area (Å²) < 4.78 is 0. The van der Waals surface area contributed by atoms with E-state index in [1.807, 2.05) is 23.1 Å². The molecule has 1 amide bonds. The summed E-state index contributed by atoms with van der Waals surface area (Å²) in [5.41, 5.74) is 6.06. The van der Waals surface area contributed by atoms with Gasteiger partial charge in [-0.3, -0.25) is 9.69 Å². The molecule has 0 unspecified atom stereocenters. The zero-order valence-electron chi connectivity index (χ0n) is 24.8. The minimum Gasteiger partial charge on any atom is -0.331 e. The van der Waals surface area contributed by atoms with Crippen molar-refractivity contribution >= 4 is 69.5 Å². The third-order valence-electron chi connectivity index (χ3n) is 9.40. The third-order valence-corrected chi connectivity index (χ3v) is 11.5. The first-order valence-corrected chi connectivity index (χ1v) is 17.5. The minimum absolute atomic E-state index is 0.0479. The van der Waals surface area contributed by atoms with E-state index in [-0.39, 0.29) is 24.0 Å². The first-order chi connectivity index (χ1) is 21.8. The molecule has 2 heterocycles. The van der Waals surface area contributed by atoms with Crippen molar-refractivity contribution < 1.29 is 4.79 Å². The molecule has 10 heteroatoms. The number of amides is 1. The Morgan fingerprint density at radius 1 is 0.756 bits per heavy atom. The van der Waals surface area contributed by atoms with Crippen molar-refractivity contribution in [1.82, 2.24) is 20.4 Å². The Balaban J connectivity index is 1.16. The van der Waals surface area contributed by atoms with Crippen molar-refractivity contribution in [3.05, 3.63) is 108 Å². The average molecular weight is 705 g/mol. The van der Waals surface area contributed by atoms with Gasteiger partial charge < -0.3 is 15.5 Å². The fraction of sp³-hybridized carbons (Fsp3) is 0.400. The van der Waals surface area contributed by atoms with Gasteiger partial charge in [-0.1, -0.05) is 94.4 Å². The van der Waals surface area contributed by atoms with E-state index in [1.165, 1.54) is 5.56 Å². The van der Waals surface area contributed by atoms with Crippen LogP contribution in [0.15, 0.2) is 60.2 Å². The fourth-order valence-corrected chi connectivity index (χ4v) is 7.76. The van der Waals surface area contributed by atoms with Gasteiger partial charge in [0.1, 0.15) is 0 Å². The number of rotatable bonds is 10. The predicted octanol–water partition coefficient (Wildman–Crippen LogP) is 8.40. The molecule has 3 fully saturated rings. The van der Waals surface area contributed by atoms with Gasteiger partial charge in [0, 0.05) is 67.0 Å². The molecule has 2 aliphatic carbocycles. The molecule has 3 aromatic carbocycles. The molecule has 2 atom stereocenters. The van der Waals surface area contributed by atoms with E-state index in [0.717, 1.165) is 79.6 Å². The van der Waals surface area contributed by atoms with Crippen molar-refractivity contribution in [2.45, 2.75) is 75.9 Å². The van der Waals surface area contributed by atoms with Gasteiger partial charge >= 0.3 is 0 Å². The van der Waals surface area contributed by atoms with E-state index in [0.29, 0.717) is 44.2 Å². The van der Waals surface area contributed by atoms with Gasteiger partial charge in [0.15, 0.2) is 0 Å². The molecule has 2 saturated carbocycles. The number of carbonyl (C=O) groups excluding carboxylic acids is 1. The van der Waals surface area contributed by atoms with Crippen LogP contribution in [0.25, 0.3) is 5.57 Å². The molecule has 4 aliphatic rings. The fourth-order valence-electron chi connectivity index (χ4n) is 6.72. The topological polar surface area (TPSA) is 47.6 Å². The number of halogens is 5. The first kappa shape index (κ1) is 31.8. The molecule has 7 rings (SSSR count). The van der Waals surface area contributed by atoms with Gasteiger partial charge in [-0.15, -0.1) is 0 Å². The molecule has 2 bridgehead atoms. The zero-order valence-corrected chi connectivity index (χ0v) is 28.5. The van der Waals surface area contributed by atoms with Crippen LogP contribution >= 0.6 is 58.0 Å². The predicted molar refractivity (Wildman–Crippen MR) is 185 cm³/mol. The van der Waals surface area contributed by atoms with Crippen molar-refractivity contribution in [2.75, 3.05) is 13.1 Å². The Bertz CT molecular complexity index is 1640. The zero-order chi connectivity index (χ0) is 31.2. The largest absolute Gasteiger partial charge is 0.331 e. The number of hydrogen-bond acceptors (Lipinski definition) is 4. The van der Waals surface area contributed by atoms with Crippen molar-refractivity contribution in [3.8, 4) is 0 Å². The molecule has 1 saturated heterocycles. The highest BCUT2D eigenvalue weighted by atomic mass is 35.5. The Kier molecular flexibility index (Phi) is 9.44. The molecule has 2 N–H and O–H groups in total. The highest BCUT2D eigenvalue weighted by Crippen LogP contribution is 2.39. The van der Waals surface area contributed by atoms with Gasteiger partial charge in [0.2, 0.25) is 0 Å². The van der Waals surface area contributed by atoms with Gasteiger partial charge in [-0.2, -0.15) is 0 Å². The summed E-state index contributed by atoms with van der Waals surface area (Å²) in [6.07, 6.45) is 5.12. The number of nitrogens with zero attached hydrogens (tertiary/aromatic N) is 2. The maximum absolute atomic E-state index is 14.5. The van der Waals surface area contributed by atoms with E-state index in [1.54, 1.807) is 12.1 Å². The van der Waals surface area contributed by atoms with Crippen molar-refractivity contribution in [2.24, 2.45) is 0 Å². The summed E-state index contributed by atoms with van der Waals surface area (Å²) in [7, 11) is 0. The molecular formula is C35H35Cl5N4O. The summed E-state index contributed by atoms with van der Waals surface area (Å²) >= 11 is 32.3. The van der Waals surface area contributed by atoms with E-state index in [2.05, 4.69) is 39.8 Å². The van der Waals surface area contributed by atoms with E-state index < -0.39 is 0 Å². The maximum Gasteiger partial charge on any atom is 0.252 e. The Morgan fingerprint density at radius 2 is 1.47 bits per heavy atom. The maximum atomic E-state index is 14.5. The summed E-state index contributed by atoms with van der Waals surface area (Å²) in [4.78, 5) is 18.9. The van der Waals surface area contributed by atoms with Crippen LogP contribution in [-0.4, -0.2) is 53.0 Å². The monoisotopic (exact) mass is 702 g/mol. The molecule has 5 nitrogen and oxygen atoms in total. The molecular weight excluding hydrogens is 670 g/mol. The second-order valence-electron chi connectivity index (χ2n) is 12.7. The molecule has 0 aromatic heterocycles. The number of piperazine rings is 1. The number of benzene rings is 3. The van der Waals surface area contributed by atoms with E-state index >= 15 is 0 Å². The van der Waals surface area contributed by atoms with Gasteiger partial charge in [0.05, 0.1) is 26.1 Å². The Morgan fingerprint density at radius 3 is 2.20 bits per heavy atom. The van der Waals surface area contributed by atoms with Crippen LogP contribution in [0.3, 0.4) is 0 Å². The summed E-state index contributed by atoms with van der Waals surface area (Å²) in [5, 5.41) is 9.97. The Labute approximate surface area is 289 Å². The van der Waals surface area contributed by atoms with Crippen molar-refractivity contribution in [1.29, 1.82) is 0 Å². The second kappa shape index (κ2) is 13.4. The normalized spacial score (nSPS) is 21.4. The first-order valence-electron chi connectivity index (χ1n) is 15.7. The van der Waals surface area contributed by atoms with Crippen LogP contribution in [0.2, 0.25) is 25.1 Å². The van der Waals surface area contributed by atoms with Crippen LogP contribution in [0, 0.1) is 0 Å². The van der Waals surface area contributed by atoms with Crippen LogP contribution in [0.1, 0.15) is 54.4 Å². The van der Waals surface area contributed by atoms with Gasteiger partial charge in [-0.05, 0) is 72.6 Å². The quantitative estimate of drug-likeness (QED) is 0.208. The molecule has 3 aromatic rings. The van der Waals surface area contributed by atoms with E-state index in [4.69, 9.17) is 58.0 Å². The summed E-state index contributed by atoms with van der Waals surface area (Å²) in [6.45, 7) is 3.47.